The minimum atomic E-state index is -2.57. The van der Waals surface area contributed by atoms with E-state index in [2.05, 4.69) is 115 Å². The number of aliphatic hydroxyl groups is 1. The minimum Gasteiger partial charge on any atom is -0.411 e. The fourth-order valence-corrected chi connectivity index (χ4v) is 9.92. The Labute approximate surface area is 204 Å². The van der Waals surface area contributed by atoms with Crippen LogP contribution in [0.25, 0.3) is 0 Å². The monoisotopic (exact) mass is 484 g/mol. The lowest BCUT2D eigenvalue weighted by Crippen LogP contribution is -2.66. The summed E-state index contributed by atoms with van der Waals surface area (Å²) in [5, 5.41) is 13.3. The van der Waals surface area contributed by atoms with Gasteiger partial charge < -0.3 is 14.0 Å². The van der Waals surface area contributed by atoms with E-state index in [1.54, 1.807) is 0 Å². The zero-order chi connectivity index (χ0) is 24.9. The Balaban J connectivity index is 2.25. The number of hydrogen-bond donors (Lipinski definition) is 1. The van der Waals surface area contributed by atoms with Gasteiger partial charge in [0.05, 0.1) is 18.8 Å². The number of hydrogen-bond acceptors (Lipinski definition) is 3. The Morgan fingerprint density at radius 3 is 1.67 bits per heavy atom. The van der Waals surface area contributed by atoms with Crippen LogP contribution in [0.5, 0.6) is 0 Å². The number of benzene rings is 2. The molecule has 0 unspecified atom stereocenters. The summed E-state index contributed by atoms with van der Waals surface area (Å²) >= 11 is 0. The van der Waals surface area contributed by atoms with Gasteiger partial charge in [-0.2, -0.15) is 0 Å². The molecule has 1 N–H and O–H groups in total. The van der Waals surface area contributed by atoms with Gasteiger partial charge in [0.1, 0.15) is 0 Å². The maximum absolute atomic E-state index is 10.7. The third kappa shape index (κ3) is 6.55. The van der Waals surface area contributed by atoms with Crippen molar-refractivity contribution in [1.29, 1.82) is 0 Å². The lowest BCUT2D eigenvalue weighted by Gasteiger charge is -2.42. The Morgan fingerprint density at radius 1 is 0.818 bits per heavy atom. The molecule has 0 aliphatic carbocycles. The van der Waals surface area contributed by atoms with Crippen LogP contribution in [0, 0.1) is 0 Å². The molecule has 0 saturated carbocycles. The topological polar surface area (TPSA) is 38.7 Å². The van der Waals surface area contributed by atoms with Gasteiger partial charge in [0, 0.05) is 0 Å². The zero-order valence-electron chi connectivity index (χ0n) is 22.1. The molecule has 182 valence electrons. The van der Waals surface area contributed by atoms with E-state index in [0.717, 1.165) is 0 Å². The molecule has 3 nitrogen and oxygen atoms in total. The third-order valence-corrected chi connectivity index (χ3v) is 16.5. The summed E-state index contributed by atoms with van der Waals surface area (Å²) in [6.07, 6.45) is 2.86. The summed E-state index contributed by atoms with van der Waals surface area (Å²) in [4.78, 5) is 0. The van der Waals surface area contributed by atoms with Crippen LogP contribution in [0.3, 0.4) is 0 Å². The Hall–Kier alpha value is -1.51. The first kappa shape index (κ1) is 27.7. The Bertz CT molecular complexity index is 841. The van der Waals surface area contributed by atoms with Crippen molar-refractivity contribution < 1.29 is 14.0 Å². The van der Waals surface area contributed by atoms with Crippen LogP contribution >= 0.6 is 0 Å². The first-order chi connectivity index (χ1) is 15.2. The molecule has 0 bridgehead atoms. The molecule has 2 aromatic carbocycles. The fourth-order valence-electron chi connectivity index (χ4n) is 4.00. The Morgan fingerprint density at radius 2 is 1.27 bits per heavy atom. The summed E-state index contributed by atoms with van der Waals surface area (Å²) in [5.41, 5.74) is 0. The molecule has 0 aliphatic heterocycles. The lowest BCUT2D eigenvalue weighted by atomic mass is 10.2. The standard InChI is InChI=1S/C28H44O3Si2/c1-23(31-32(8,9)27(2,3)4)26(29)21-16-22-30-33(28(5,6)7,24-17-12-10-13-18-24)25-19-14-11-15-20-25/h10-21,23,26,29H,22H2,1-9H3/b21-16-/t23-,26+/m0/s1. The van der Waals surface area contributed by atoms with Crippen molar-refractivity contribution in [3.05, 3.63) is 72.8 Å². The van der Waals surface area contributed by atoms with Gasteiger partial charge in [-0.25, -0.2) is 0 Å². The van der Waals surface area contributed by atoms with Gasteiger partial charge in [0.25, 0.3) is 8.32 Å². The van der Waals surface area contributed by atoms with Gasteiger partial charge >= 0.3 is 0 Å². The van der Waals surface area contributed by atoms with Gasteiger partial charge in [-0.15, -0.1) is 0 Å². The first-order valence-corrected chi connectivity index (χ1v) is 16.8. The van der Waals surface area contributed by atoms with E-state index in [1.807, 2.05) is 19.1 Å². The molecule has 0 saturated heterocycles. The maximum atomic E-state index is 10.7. The van der Waals surface area contributed by atoms with Crippen LogP contribution < -0.4 is 10.4 Å². The molecule has 2 rings (SSSR count). The van der Waals surface area contributed by atoms with Gasteiger partial charge in [-0.3, -0.25) is 0 Å². The van der Waals surface area contributed by atoms with E-state index < -0.39 is 22.7 Å². The third-order valence-electron chi connectivity index (χ3n) is 6.91. The number of rotatable bonds is 9. The van der Waals surface area contributed by atoms with Crippen molar-refractivity contribution in [2.75, 3.05) is 6.61 Å². The average molecular weight is 485 g/mol. The van der Waals surface area contributed by atoms with Crippen LogP contribution in [0.15, 0.2) is 72.8 Å². The minimum absolute atomic E-state index is 0.0686. The molecule has 0 radical (unpaired) electrons. The molecule has 0 spiro atoms. The zero-order valence-corrected chi connectivity index (χ0v) is 24.1. The molecule has 33 heavy (non-hydrogen) atoms. The van der Waals surface area contributed by atoms with Gasteiger partial charge in [-0.1, -0.05) is 114 Å². The molecular weight excluding hydrogens is 440 g/mol. The Kier molecular flexibility index (Phi) is 9.10. The number of aliphatic hydroxyl groups excluding tert-OH is 1. The highest BCUT2D eigenvalue weighted by molar-refractivity contribution is 6.99. The van der Waals surface area contributed by atoms with E-state index in [-0.39, 0.29) is 16.2 Å². The van der Waals surface area contributed by atoms with Crippen molar-refractivity contribution >= 4 is 27.0 Å². The van der Waals surface area contributed by atoms with Gasteiger partial charge in [0.2, 0.25) is 0 Å². The normalized spacial score (nSPS) is 15.6. The van der Waals surface area contributed by atoms with E-state index in [9.17, 15) is 5.11 Å². The second kappa shape index (κ2) is 10.8. The predicted molar refractivity (Wildman–Crippen MR) is 146 cm³/mol. The van der Waals surface area contributed by atoms with E-state index in [4.69, 9.17) is 8.85 Å². The highest BCUT2D eigenvalue weighted by atomic mass is 28.4. The summed E-state index contributed by atoms with van der Waals surface area (Å²) in [7, 11) is -4.51. The molecule has 0 fully saturated rings. The van der Waals surface area contributed by atoms with E-state index in [1.165, 1.54) is 10.4 Å². The summed E-state index contributed by atoms with van der Waals surface area (Å²) in [6.45, 7) is 20.3. The summed E-state index contributed by atoms with van der Waals surface area (Å²) < 4.78 is 13.2. The molecule has 5 heteroatoms. The van der Waals surface area contributed by atoms with Gasteiger partial charge in [0.15, 0.2) is 8.32 Å². The van der Waals surface area contributed by atoms with Crippen molar-refractivity contribution in [3.8, 4) is 0 Å². The second-order valence-corrected chi connectivity index (χ2v) is 20.5. The molecule has 2 aromatic rings. The van der Waals surface area contributed by atoms with E-state index in [0.29, 0.717) is 6.61 Å². The van der Waals surface area contributed by atoms with Crippen LogP contribution in [0.4, 0.5) is 0 Å². The molecule has 0 aliphatic rings. The van der Waals surface area contributed by atoms with Crippen molar-refractivity contribution in [1.82, 2.24) is 0 Å². The van der Waals surface area contributed by atoms with Crippen molar-refractivity contribution in [3.63, 3.8) is 0 Å². The average Bonchev–Trinajstić information content (AvgIpc) is 2.73. The van der Waals surface area contributed by atoms with Crippen LogP contribution in [-0.4, -0.2) is 40.6 Å². The van der Waals surface area contributed by atoms with Crippen LogP contribution in [-0.2, 0) is 8.85 Å². The lowest BCUT2D eigenvalue weighted by molar-refractivity contribution is 0.0689. The molecule has 0 amide bonds. The first-order valence-electron chi connectivity index (χ1n) is 12.0. The van der Waals surface area contributed by atoms with Crippen LogP contribution in [0.1, 0.15) is 48.5 Å². The second-order valence-electron chi connectivity index (χ2n) is 11.5. The van der Waals surface area contributed by atoms with Crippen LogP contribution in [0.2, 0.25) is 23.2 Å². The van der Waals surface area contributed by atoms with Gasteiger partial charge in [-0.05, 0) is 40.5 Å². The molecule has 2 atom stereocenters. The predicted octanol–water partition coefficient (Wildman–Crippen LogP) is 5.89. The largest absolute Gasteiger partial charge is 0.411 e. The maximum Gasteiger partial charge on any atom is 0.261 e. The summed E-state index contributed by atoms with van der Waals surface area (Å²) in [5.74, 6) is 0. The van der Waals surface area contributed by atoms with Crippen molar-refractivity contribution in [2.45, 2.75) is 83.8 Å². The molecule has 0 heterocycles. The van der Waals surface area contributed by atoms with Crippen molar-refractivity contribution in [2.24, 2.45) is 0 Å². The quantitative estimate of drug-likeness (QED) is 0.356. The smallest absolute Gasteiger partial charge is 0.261 e. The fraction of sp³-hybridized carbons (Fsp3) is 0.500. The highest BCUT2D eigenvalue weighted by Gasteiger charge is 2.49. The highest BCUT2D eigenvalue weighted by Crippen LogP contribution is 2.38. The summed E-state index contributed by atoms with van der Waals surface area (Å²) in [6, 6.07) is 21.2. The van der Waals surface area contributed by atoms with E-state index >= 15 is 0 Å². The SMILES string of the molecule is C[C@H](O[Si](C)(C)C(C)(C)C)[C@H](O)/C=C\CO[Si](c1ccccc1)(c1ccccc1)C(C)(C)C. The molecular formula is C28H44O3Si2. The molecule has 0 aromatic heterocycles.